The number of carbonyl (C=O) groups excluding carboxylic acids is 1. The number of morpholine rings is 1. The molecule has 1 aromatic heterocycles. The number of carbonyl (C=O) groups is 1. The number of hydrogen-bond donors (Lipinski definition) is 1. The van der Waals surface area contributed by atoms with Crippen LogP contribution in [0.2, 0.25) is 0 Å². The Kier molecular flexibility index (Phi) is 3.84. The molecular weight excluding hydrogens is 329 g/mol. The third-order valence-corrected chi connectivity index (χ3v) is 5.66. The Hall–Kier alpha value is -1.93. The molecule has 1 aromatic rings. The van der Waals surface area contributed by atoms with Crippen LogP contribution in [0.15, 0.2) is 6.20 Å². The summed E-state index contributed by atoms with van der Waals surface area (Å²) in [7, 11) is 2.65. The van der Waals surface area contributed by atoms with Crippen LogP contribution in [-0.2, 0) is 9.47 Å². The molecular formula is C17H22FN3O4. The lowest BCUT2D eigenvalue weighted by Gasteiger charge is -2.74. The molecule has 25 heavy (non-hydrogen) atoms. The smallest absolute Gasteiger partial charge is 0.345 e. The van der Waals surface area contributed by atoms with Crippen molar-refractivity contribution in [3.05, 3.63) is 17.6 Å². The molecule has 0 unspecified atom stereocenters. The molecule has 5 rings (SSSR count). The summed E-state index contributed by atoms with van der Waals surface area (Å²) in [6.45, 7) is 3.43. The molecule has 1 saturated heterocycles. The Bertz CT molecular complexity index is 686. The van der Waals surface area contributed by atoms with E-state index in [1.165, 1.54) is 14.2 Å². The summed E-state index contributed by atoms with van der Waals surface area (Å²) in [5.74, 6) is -1.18. The lowest BCUT2D eigenvalue weighted by Crippen LogP contribution is -2.82. The zero-order chi connectivity index (χ0) is 17.7. The molecule has 7 nitrogen and oxygen atoms in total. The average molecular weight is 351 g/mol. The zero-order valence-electron chi connectivity index (χ0n) is 14.4. The first kappa shape index (κ1) is 16.5. The zero-order valence-corrected chi connectivity index (χ0v) is 14.4. The fourth-order valence-electron chi connectivity index (χ4n) is 4.54. The predicted octanol–water partition coefficient (Wildman–Crippen LogP) is 1.44. The lowest BCUT2D eigenvalue weighted by molar-refractivity contribution is -0.172. The lowest BCUT2D eigenvalue weighted by atomic mass is 9.43. The fourth-order valence-corrected chi connectivity index (χ4v) is 4.54. The Balaban J connectivity index is 1.54. The van der Waals surface area contributed by atoms with Crippen LogP contribution >= 0.6 is 0 Å². The second kappa shape index (κ2) is 5.81. The first-order chi connectivity index (χ1) is 12.0. The van der Waals surface area contributed by atoms with E-state index in [9.17, 15) is 9.18 Å². The van der Waals surface area contributed by atoms with Gasteiger partial charge in [-0.3, -0.25) is 4.90 Å². The van der Waals surface area contributed by atoms with E-state index in [4.69, 9.17) is 14.2 Å². The number of hydrogen-bond acceptors (Lipinski definition) is 7. The third-order valence-electron chi connectivity index (χ3n) is 5.66. The second-order valence-electron chi connectivity index (χ2n) is 7.12. The van der Waals surface area contributed by atoms with Gasteiger partial charge in [0.2, 0.25) is 5.88 Å². The topological polar surface area (TPSA) is 72.9 Å². The molecule has 136 valence electrons. The van der Waals surface area contributed by atoms with Gasteiger partial charge in [-0.1, -0.05) is 0 Å². The van der Waals surface area contributed by atoms with Crippen molar-refractivity contribution in [1.29, 1.82) is 0 Å². The molecule has 1 N–H and O–H groups in total. The highest BCUT2D eigenvalue weighted by atomic mass is 19.1. The van der Waals surface area contributed by atoms with Crippen molar-refractivity contribution >= 4 is 11.7 Å². The van der Waals surface area contributed by atoms with Gasteiger partial charge in [0.1, 0.15) is 5.56 Å². The molecule has 0 atom stereocenters. The standard InChI is InChI=1S/C17H22FN3O4/c1-23-14-12(15(22)24-2)13(11(18)7-19-14)20-16-8-17(9-16,10-16)21-3-5-25-6-4-21/h7H,3-6,8-10H2,1-2H3,(H,19,20). The van der Waals surface area contributed by atoms with Gasteiger partial charge >= 0.3 is 5.97 Å². The number of rotatable bonds is 5. The maximum absolute atomic E-state index is 14.4. The Morgan fingerprint density at radius 3 is 2.60 bits per heavy atom. The van der Waals surface area contributed by atoms with Crippen LogP contribution in [0.4, 0.5) is 10.1 Å². The monoisotopic (exact) mass is 351 g/mol. The van der Waals surface area contributed by atoms with Gasteiger partial charge in [-0.2, -0.15) is 0 Å². The van der Waals surface area contributed by atoms with Crippen LogP contribution in [0, 0.1) is 5.82 Å². The maximum Gasteiger partial charge on any atom is 0.345 e. The van der Waals surface area contributed by atoms with Crippen LogP contribution in [0.3, 0.4) is 0 Å². The molecule has 4 aliphatic rings. The van der Waals surface area contributed by atoms with Gasteiger partial charge in [-0.05, 0) is 19.3 Å². The van der Waals surface area contributed by atoms with E-state index in [0.29, 0.717) is 0 Å². The summed E-state index contributed by atoms with van der Waals surface area (Å²) < 4.78 is 29.7. The Labute approximate surface area is 145 Å². The first-order valence-electron chi connectivity index (χ1n) is 8.44. The summed E-state index contributed by atoms with van der Waals surface area (Å²) in [6, 6.07) is 0. The summed E-state index contributed by atoms with van der Waals surface area (Å²) in [5.41, 5.74) is 0.161. The number of ether oxygens (including phenoxy) is 3. The third kappa shape index (κ3) is 2.46. The quantitative estimate of drug-likeness (QED) is 0.805. The Morgan fingerprint density at radius 1 is 1.32 bits per heavy atom. The molecule has 0 spiro atoms. The number of esters is 1. The summed E-state index contributed by atoms with van der Waals surface area (Å²) in [6.07, 6.45) is 3.87. The minimum absolute atomic E-state index is 0.00940. The van der Waals surface area contributed by atoms with Crippen LogP contribution in [-0.4, -0.2) is 67.5 Å². The largest absolute Gasteiger partial charge is 0.480 e. The number of nitrogens with one attached hydrogen (secondary N) is 1. The highest BCUT2D eigenvalue weighted by Crippen LogP contribution is 2.65. The molecule has 4 fully saturated rings. The van der Waals surface area contributed by atoms with E-state index < -0.39 is 11.8 Å². The van der Waals surface area contributed by atoms with Crippen molar-refractivity contribution in [2.45, 2.75) is 30.3 Å². The van der Waals surface area contributed by atoms with Gasteiger partial charge in [0.25, 0.3) is 0 Å². The van der Waals surface area contributed by atoms with E-state index in [2.05, 4.69) is 15.2 Å². The molecule has 0 radical (unpaired) electrons. The number of aromatic nitrogens is 1. The molecule has 3 aliphatic carbocycles. The molecule has 3 saturated carbocycles. The first-order valence-corrected chi connectivity index (χ1v) is 8.44. The summed E-state index contributed by atoms with van der Waals surface area (Å²) in [4.78, 5) is 18.4. The highest BCUT2D eigenvalue weighted by Gasteiger charge is 2.70. The number of methoxy groups -OCH3 is 2. The molecule has 0 aromatic carbocycles. The number of pyridine rings is 1. The van der Waals surface area contributed by atoms with Gasteiger partial charge in [-0.25, -0.2) is 14.2 Å². The van der Waals surface area contributed by atoms with Gasteiger partial charge in [0.05, 0.1) is 39.3 Å². The van der Waals surface area contributed by atoms with Crippen LogP contribution < -0.4 is 10.1 Å². The van der Waals surface area contributed by atoms with Crippen molar-refractivity contribution in [2.24, 2.45) is 0 Å². The van der Waals surface area contributed by atoms with Crippen LogP contribution in [0.25, 0.3) is 0 Å². The SMILES string of the molecule is COC(=O)c1c(OC)ncc(F)c1NC12CC(N3CCOCC3)(C1)C2. The number of halogens is 1. The molecule has 2 bridgehead atoms. The molecule has 0 amide bonds. The highest BCUT2D eigenvalue weighted by molar-refractivity contribution is 5.98. The second-order valence-corrected chi connectivity index (χ2v) is 7.12. The molecule has 2 heterocycles. The minimum Gasteiger partial charge on any atom is -0.480 e. The van der Waals surface area contributed by atoms with Crippen molar-refractivity contribution in [3.63, 3.8) is 0 Å². The fraction of sp³-hybridized carbons (Fsp3) is 0.647. The van der Waals surface area contributed by atoms with Crippen molar-refractivity contribution < 1.29 is 23.4 Å². The van der Waals surface area contributed by atoms with Crippen molar-refractivity contribution in [3.8, 4) is 5.88 Å². The van der Waals surface area contributed by atoms with E-state index >= 15 is 0 Å². The Morgan fingerprint density at radius 2 is 2.00 bits per heavy atom. The normalized spacial score (nSPS) is 30.8. The average Bonchev–Trinajstić information content (AvgIpc) is 2.57. The van der Waals surface area contributed by atoms with Crippen molar-refractivity contribution in [1.82, 2.24) is 9.88 Å². The van der Waals surface area contributed by atoms with E-state index in [1.54, 1.807) is 0 Å². The van der Waals surface area contributed by atoms with Crippen molar-refractivity contribution in [2.75, 3.05) is 45.8 Å². The van der Waals surface area contributed by atoms with E-state index in [0.717, 1.165) is 51.8 Å². The summed E-state index contributed by atoms with van der Waals surface area (Å²) >= 11 is 0. The summed E-state index contributed by atoms with van der Waals surface area (Å²) in [5, 5.41) is 3.26. The van der Waals surface area contributed by atoms with E-state index in [1.807, 2.05) is 0 Å². The van der Waals surface area contributed by atoms with Crippen LogP contribution in [0.5, 0.6) is 5.88 Å². The van der Waals surface area contributed by atoms with Gasteiger partial charge in [-0.15, -0.1) is 0 Å². The molecule has 8 heteroatoms. The van der Waals surface area contributed by atoms with Gasteiger partial charge < -0.3 is 19.5 Å². The maximum atomic E-state index is 14.4. The number of anilines is 1. The van der Waals surface area contributed by atoms with Crippen LogP contribution in [0.1, 0.15) is 29.6 Å². The minimum atomic E-state index is -0.666. The van der Waals surface area contributed by atoms with E-state index in [-0.39, 0.29) is 28.2 Å². The van der Waals surface area contributed by atoms with Gasteiger partial charge in [0.15, 0.2) is 5.82 Å². The number of nitrogens with zero attached hydrogens (tertiary/aromatic N) is 2. The van der Waals surface area contributed by atoms with Gasteiger partial charge in [0, 0.05) is 24.2 Å². The molecule has 1 aliphatic heterocycles. The predicted molar refractivity (Wildman–Crippen MR) is 87.4 cm³/mol.